The van der Waals surface area contributed by atoms with Gasteiger partial charge in [-0.3, -0.25) is 0 Å². The summed E-state index contributed by atoms with van der Waals surface area (Å²) in [4.78, 5) is 0. The quantitative estimate of drug-likeness (QED) is 0.593. The van der Waals surface area contributed by atoms with Gasteiger partial charge in [-0.1, -0.05) is 39.7 Å². The van der Waals surface area contributed by atoms with Gasteiger partial charge in [0.15, 0.2) is 0 Å². The molecule has 0 radical (unpaired) electrons. The van der Waals surface area contributed by atoms with Gasteiger partial charge in [0, 0.05) is 6.54 Å². The van der Waals surface area contributed by atoms with Gasteiger partial charge in [-0.2, -0.15) is 0 Å². The van der Waals surface area contributed by atoms with Crippen molar-refractivity contribution < 1.29 is 0 Å². The Bertz CT molecular complexity index is 136. The van der Waals surface area contributed by atoms with Gasteiger partial charge in [-0.15, -0.1) is 0 Å². The highest BCUT2D eigenvalue weighted by atomic mass is 14.8. The Balaban J connectivity index is 3.54. The minimum atomic E-state index is 0.803. The molecule has 0 aromatic heterocycles. The second-order valence-electron chi connectivity index (χ2n) is 4.04. The molecule has 0 fully saturated rings. The Morgan fingerprint density at radius 1 is 1.31 bits per heavy atom. The lowest BCUT2D eigenvalue weighted by Gasteiger charge is -2.06. The molecule has 1 nitrogen and oxygen atoms in total. The first kappa shape index (κ1) is 12.5. The van der Waals surface area contributed by atoms with Gasteiger partial charge in [-0.25, -0.2) is 0 Å². The van der Waals surface area contributed by atoms with Crippen LogP contribution in [0.4, 0.5) is 0 Å². The molecule has 0 saturated carbocycles. The Morgan fingerprint density at radius 2 is 2.00 bits per heavy atom. The molecule has 0 aromatic rings. The second-order valence-corrected chi connectivity index (χ2v) is 4.04. The van der Waals surface area contributed by atoms with Crippen molar-refractivity contribution in [1.29, 1.82) is 0 Å². The molecule has 0 bridgehead atoms. The lowest BCUT2D eigenvalue weighted by Crippen LogP contribution is -2.10. The van der Waals surface area contributed by atoms with E-state index in [9.17, 15) is 0 Å². The van der Waals surface area contributed by atoms with E-state index in [1.165, 1.54) is 25.7 Å². The molecule has 78 valence electrons. The normalized spacial score (nSPS) is 12.2. The van der Waals surface area contributed by atoms with Crippen molar-refractivity contribution in [2.75, 3.05) is 6.54 Å². The van der Waals surface area contributed by atoms with Crippen molar-refractivity contribution in [1.82, 2.24) is 5.32 Å². The Morgan fingerprint density at radius 3 is 2.46 bits per heavy atom. The van der Waals surface area contributed by atoms with Crippen LogP contribution in [0.1, 0.15) is 53.4 Å². The lowest BCUT2D eigenvalue weighted by molar-refractivity contribution is 0.569. The highest BCUT2D eigenvalue weighted by molar-refractivity contribution is 4.99. The number of nitrogens with one attached hydrogen (secondary N) is 1. The lowest BCUT2D eigenvalue weighted by atomic mass is 10.1. The van der Waals surface area contributed by atoms with Crippen LogP contribution in [0.2, 0.25) is 0 Å². The summed E-state index contributed by atoms with van der Waals surface area (Å²) in [6.07, 6.45) is 7.16. The van der Waals surface area contributed by atoms with Crippen LogP contribution in [0, 0.1) is 5.92 Å². The average Bonchev–Trinajstić information content (AvgIpc) is 2.10. The van der Waals surface area contributed by atoms with E-state index in [2.05, 4.69) is 39.2 Å². The van der Waals surface area contributed by atoms with Crippen molar-refractivity contribution in [3.05, 3.63) is 11.8 Å². The van der Waals surface area contributed by atoms with Crippen LogP contribution < -0.4 is 5.32 Å². The Labute approximate surface area is 83.6 Å². The smallest absolute Gasteiger partial charge is 0.0143 e. The van der Waals surface area contributed by atoms with Crippen LogP contribution in [0.5, 0.6) is 0 Å². The molecule has 0 atom stereocenters. The SMILES string of the molecule is CCC/C(=C\NCCC(C)C)CC. The predicted octanol–water partition coefficient (Wildman–Crippen LogP) is 3.72. The standard InChI is InChI=1S/C12H25N/c1-5-7-12(6-2)10-13-9-8-11(3)4/h10-11,13H,5-9H2,1-4H3/b12-10-. The third kappa shape index (κ3) is 7.89. The van der Waals surface area contributed by atoms with Gasteiger partial charge in [0.25, 0.3) is 0 Å². The molecule has 0 rings (SSSR count). The van der Waals surface area contributed by atoms with E-state index in [-0.39, 0.29) is 0 Å². The van der Waals surface area contributed by atoms with E-state index >= 15 is 0 Å². The van der Waals surface area contributed by atoms with Gasteiger partial charge < -0.3 is 5.32 Å². The number of hydrogen-bond acceptors (Lipinski definition) is 1. The van der Waals surface area contributed by atoms with Gasteiger partial charge in [0.05, 0.1) is 0 Å². The summed E-state index contributed by atoms with van der Waals surface area (Å²) in [6.45, 7) is 10.1. The van der Waals surface area contributed by atoms with Crippen LogP contribution in [0.15, 0.2) is 11.8 Å². The molecule has 0 spiro atoms. The van der Waals surface area contributed by atoms with E-state index in [1.807, 2.05) is 0 Å². The van der Waals surface area contributed by atoms with Crippen LogP contribution in [-0.4, -0.2) is 6.54 Å². The zero-order valence-corrected chi connectivity index (χ0v) is 9.69. The highest BCUT2D eigenvalue weighted by Gasteiger charge is 1.93. The fourth-order valence-corrected chi connectivity index (χ4v) is 1.26. The summed E-state index contributed by atoms with van der Waals surface area (Å²) >= 11 is 0. The van der Waals surface area contributed by atoms with Crippen LogP contribution in [0.25, 0.3) is 0 Å². The van der Waals surface area contributed by atoms with Gasteiger partial charge >= 0.3 is 0 Å². The van der Waals surface area contributed by atoms with Crippen molar-refractivity contribution in [3.63, 3.8) is 0 Å². The minimum absolute atomic E-state index is 0.803. The first-order chi connectivity index (χ1) is 6.20. The maximum atomic E-state index is 3.39. The fourth-order valence-electron chi connectivity index (χ4n) is 1.26. The average molecular weight is 183 g/mol. The highest BCUT2D eigenvalue weighted by Crippen LogP contribution is 2.07. The van der Waals surface area contributed by atoms with E-state index < -0.39 is 0 Å². The molecular weight excluding hydrogens is 158 g/mol. The molecule has 0 saturated heterocycles. The molecule has 0 aromatic carbocycles. The van der Waals surface area contributed by atoms with Crippen LogP contribution in [0.3, 0.4) is 0 Å². The molecule has 1 N–H and O–H groups in total. The van der Waals surface area contributed by atoms with E-state index in [0.29, 0.717) is 0 Å². The Hall–Kier alpha value is -0.460. The third-order valence-corrected chi connectivity index (χ3v) is 2.20. The molecule has 0 amide bonds. The van der Waals surface area contributed by atoms with Gasteiger partial charge in [-0.05, 0) is 31.4 Å². The summed E-state index contributed by atoms with van der Waals surface area (Å²) in [5, 5.41) is 3.39. The summed E-state index contributed by atoms with van der Waals surface area (Å²) < 4.78 is 0. The molecule has 1 heteroatoms. The monoisotopic (exact) mass is 183 g/mol. The van der Waals surface area contributed by atoms with Gasteiger partial charge in [0.2, 0.25) is 0 Å². The van der Waals surface area contributed by atoms with Crippen molar-refractivity contribution in [3.8, 4) is 0 Å². The maximum Gasteiger partial charge on any atom is 0.0143 e. The van der Waals surface area contributed by atoms with E-state index in [0.717, 1.165) is 12.5 Å². The van der Waals surface area contributed by atoms with Crippen molar-refractivity contribution >= 4 is 0 Å². The molecule has 0 heterocycles. The summed E-state index contributed by atoms with van der Waals surface area (Å²) in [7, 11) is 0. The first-order valence-corrected chi connectivity index (χ1v) is 5.62. The summed E-state index contributed by atoms with van der Waals surface area (Å²) in [5.41, 5.74) is 1.55. The van der Waals surface area contributed by atoms with Crippen LogP contribution in [-0.2, 0) is 0 Å². The zero-order valence-electron chi connectivity index (χ0n) is 9.69. The van der Waals surface area contributed by atoms with E-state index in [1.54, 1.807) is 5.57 Å². The Kier molecular flexibility index (Phi) is 7.86. The summed E-state index contributed by atoms with van der Waals surface area (Å²) in [6, 6.07) is 0. The number of rotatable bonds is 7. The molecule has 0 aliphatic carbocycles. The van der Waals surface area contributed by atoms with Gasteiger partial charge in [0.1, 0.15) is 0 Å². The molecule has 13 heavy (non-hydrogen) atoms. The molecular formula is C12H25N. The molecule has 0 unspecified atom stereocenters. The van der Waals surface area contributed by atoms with Crippen molar-refractivity contribution in [2.45, 2.75) is 53.4 Å². The second kappa shape index (κ2) is 8.15. The fraction of sp³-hybridized carbons (Fsp3) is 0.833. The number of allylic oxidation sites excluding steroid dienone is 1. The van der Waals surface area contributed by atoms with Crippen molar-refractivity contribution in [2.24, 2.45) is 5.92 Å². The zero-order chi connectivity index (χ0) is 10.1. The molecule has 0 aliphatic rings. The first-order valence-electron chi connectivity index (χ1n) is 5.62. The maximum absolute atomic E-state index is 3.39. The number of hydrogen-bond donors (Lipinski definition) is 1. The predicted molar refractivity (Wildman–Crippen MR) is 60.7 cm³/mol. The molecule has 0 aliphatic heterocycles. The minimum Gasteiger partial charge on any atom is -0.391 e. The largest absolute Gasteiger partial charge is 0.391 e. The summed E-state index contributed by atoms with van der Waals surface area (Å²) in [5.74, 6) is 0.803. The topological polar surface area (TPSA) is 12.0 Å². The third-order valence-electron chi connectivity index (χ3n) is 2.20. The van der Waals surface area contributed by atoms with E-state index in [4.69, 9.17) is 0 Å². The van der Waals surface area contributed by atoms with Crippen LogP contribution >= 0.6 is 0 Å².